The Balaban J connectivity index is 1.45. The number of ether oxygens (including phenoxy) is 1. The molecule has 2 aromatic carbocycles. The molecule has 0 aliphatic heterocycles. The number of rotatable bonds is 7. The second-order valence-electron chi connectivity index (χ2n) is 5.83. The van der Waals surface area contributed by atoms with Crippen molar-refractivity contribution in [3.05, 3.63) is 59.7 Å². The van der Waals surface area contributed by atoms with E-state index in [0.717, 1.165) is 16.8 Å². The first kappa shape index (κ1) is 17.4. The number of nitrogens with zero attached hydrogens (tertiary/aromatic N) is 4. The van der Waals surface area contributed by atoms with Gasteiger partial charge in [-0.15, -0.1) is 0 Å². The highest BCUT2D eigenvalue weighted by Gasteiger charge is 2.05. The summed E-state index contributed by atoms with van der Waals surface area (Å²) in [6.07, 6.45) is 0. The lowest BCUT2D eigenvalue weighted by atomic mass is 10.2. The molecule has 0 spiro atoms. The van der Waals surface area contributed by atoms with E-state index in [4.69, 9.17) is 4.74 Å². The Bertz CT molecular complexity index is 858. The van der Waals surface area contributed by atoms with E-state index in [2.05, 4.69) is 26.2 Å². The first-order valence-corrected chi connectivity index (χ1v) is 8.14. The van der Waals surface area contributed by atoms with Crippen molar-refractivity contribution < 1.29 is 9.53 Å². The van der Waals surface area contributed by atoms with Gasteiger partial charge in [0.25, 0.3) is 5.91 Å². The van der Waals surface area contributed by atoms with Gasteiger partial charge >= 0.3 is 0 Å². The van der Waals surface area contributed by atoms with E-state index in [1.54, 1.807) is 11.7 Å². The summed E-state index contributed by atoms with van der Waals surface area (Å²) < 4.78 is 7.08. The molecule has 0 aliphatic rings. The molecule has 1 amide bonds. The van der Waals surface area contributed by atoms with Gasteiger partial charge in [0.2, 0.25) is 5.95 Å². The highest BCUT2D eigenvalue weighted by Crippen LogP contribution is 2.14. The van der Waals surface area contributed by atoms with Gasteiger partial charge in [0.05, 0.1) is 0 Å². The summed E-state index contributed by atoms with van der Waals surface area (Å²) >= 11 is 0. The van der Waals surface area contributed by atoms with Gasteiger partial charge in [0.1, 0.15) is 5.75 Å². The number of tetrazole rings is 1. The number of amides is 1. The van der Waals surface area contributed by atoms with E-state index in [1.807, 2.05) is 55.5 Å². The van der Waals surface area contributed by atoms with Crippen LogP contribution in [0, 0.1) is 6.92 Å². The number of aromatic nitrogens is 4. The number of aryl methyl sites for hydroxylation is 2. The van der Waals surface area contributed by atoms with Crippen molar-refractivity contribution >= 4 is 17.5 Å². The minimum absolute atomic E-state index is 0.0456. The van der Waals surface area contributed by atoms with Crippen LogP contribution in [0.2, 0.25) is 0 Å². The van der Waals surface area contributed by atoms with Crippen LogP contribution in [0.5, 0.6) is 5.75 Å². The van der Waals surface area contributed by atoms with Crippen LogP contribution in [0.4, 0.5) is 11.6 Å². The van der Waals surface area contributed by atoms with Crippen molar-refractivity contribution in [3.63, 3.8) is 0 Å². The normalized spacial score (nSPS) is 10.4. The molecule has 0 aliphatic carbocycles. The lowest BCUT2D eigenvalue weighted by Gasteiger charge is -2.09. The fourth-order valence-electron chi connectivity index (χ4n) is 2.25. The van der Waals surface area contributed by atoms with Crippen LogP contribution in [0.3, 0.4) is 0 Å². The molecule has 1 aromatic heterocycles. The quantitative estimate of drug-likeness (QED) is 0.677. The summed E-state index contributed by atoms with van der Waals surface area (Å²) in [6.45, 7) is 2.54. The molecular formula is C18H20N6O2. The van der Waals surface area contributed by atoms with Gasteiger partial charge in [-0.1, -0.05) is 34.9 Å². The van der Waals surface area contributed by atoms with Gasteiger partial charge in [-0.05, 0) is 47.2 Å². The van der Waals surface area contributed by atoms with E-state index >= 15 is 0 Å². The van der Waals surface area contributed by atoms with Gasteiger partial charge in [-0.25, -0.2) is 4.68 Å². The standard InChI is InChI=1S/C18H20N6O2/c1-13-3-7-15(8-4-13)20-17(25)12-26-16-9-5-14(6-10-16)11-19-18-21-22-23-24(18)2/h3-10H,11-12H2,1-2H3,(H,20,25)(H,19,21,23). The van der Waals surface area contributed by atoms with Crippen molar-refractivity contribution in [3.8, 4) is 5.75 Å². The summed E-state index contributed by atoms with van der Waals surface area (Å²) in [5.74, 6) is 1.03. The average Bonchev–Trinajstić information content (AvgIpc) is 3.06. The molecule has 0 fully saturated rings. The number of hydrogen-bond donors (Lipinski definition) is 2. The van der Waals surface area contributed by atoms with Crippen molar-refractivity contribution in [2.45, 2.75) is 13.5 Å². The van der Waals surface area contributed by atoms with Crippen LogP contribution >= 0.6 is 0 Å². The highest BCUT2D eigenvalue weighted by molar-refractivity contribution is 5.91. The lowest BCUT2D eigenvalue weighted by molar-refractivity contribution is -0.118. The van der Waals surface area contributed by atoms with Crippen molar-refractivity contribution in [2.24, 2.45) is 7.05 Å². The molecule has 8 nitrogen and oxygen atoms in total. The second kappa shape index (κ2) is 8.11. The summed E-state index contributed by atoms with van der Waals surface area (Å²) in [5.41, 5.74) is 2.94. The Morgan fingerprint density at radius 1 is 1.12 bits per heavy atom. The van der Waals surface area contributed by atoms with Crippen LogP contribution in [0.25, 0.3) is 0 Å². The summed E-state index contributed by atoms with van der Waals surface area (Å²) in [5, 5.41) is 17.1. The van der Waals surface area contributed by atoms with Gasteiger partial charge in [-0.2, -0.15) is 0 Å². The molecule has 3 aromatic rings. The third kappa shape index (κ3) is 4.79. The van der Waals surface area contributed by atoms with Crippen molar-refractivity contribution in [2.75, 3.05) is 17.2 Å². The zero-order valence-corrected chi connectivity index (χ0v) is 14.6. The highest BCUT2D eigenvalue weighted by atomic mass is 16.5. The smallest absolute Gasteiger partial charge is 0.262 e. The molecule has 0 unspecified atom stereocenters. The largest absolute Gasteiger partial charge is 0.484 e. The molecule has 1 heterocycles. The van der Waals surface area contributed by atoms with E-state index in [0.29, 0.717) is 18.2 Å². The van der Waals surface area contributed by atoms with Crippen LogP contribution in [-0.4, -0.2) is 32.7 Å². The molecule has 134 valence electrons. The monoisotopic (exact) mass is 352 g/mol. The Morgan fingerprint density at radius 3 is 2.50 bits per heavy atom. The maximum absolute atomic E-state index is 11.9. The Morgan fingerprint density at radius 2 is 1.85 bits per heavy atom. The minimum atomic E-state index is -0.200. The number of carbonyl (C=O) groups excluding carboxylic acids is 1. The Kier molecular flexibility index (Phi) is 5.43. The fraction of sp³-hybridized carbons (Fsp3) is 0.222. The van der Waals surface area contributed by atoms with Crippen LogP contribution in [0.15, 0.2) is 48.5 Å². The Labute approximate surface area is 151 Å². The summed E-state index contributed by atoms with van der Waals surface area (Å²) in [7, 11) is 1.76. The number of anilines is 2. The molecular weight excluding hydrogens is 332 g/mol. The Hall–Kier alpha value is -3.42. The molecule has 3 rings (SSSR count). The zero-order chi connectivity index (χ0) is 18.4. The van der Waals surface area contributed by atoms with Crippen LogP contribution in [0.1, 0.15) is 11.1 Å². The maximum Gasteiger partial charge on any atom is 0.262 e. The van der Waals surface area contributed by atoms with E-state index in [9.17, 15) is 4.79 Å². The number of hydrogen-bond acceptors (Lipinski definition) is 6. The maximum atomic E-state index is 11.9. The van der Waals surface area contributed by atoms with E-state index in [1.165, 1.54) is 0 Å². The predicted molar refractivity (Wildman–Crippen MR) is 97.9 cm³/mol. The third-order valence-electron chi connectivity index (χ3n) is 3.70. The average molecular weight is 352 g/mol. The molecule has 0 bridgehead atoms. The molecule has 0 radical (unpaired) electrons. The zero-order valence-electron chi connectivity index (χ0n) is 14.6. The molecule has 0 atom stereocenters. The van der Waals surface area contributed by atoms with Gasteiger partial charge in [0, 0.05) is 19.3 Å². The van der Waals surface area contributed by atoms with E-state index < -0.39 is 0 Å². The van der Waals surface area contributed by atoms with E-state index in [-0.39, 0.29) is 12.5 Å². The topological polar surface area (TPSA) is 94.0 Å². The fourth-order valence-corrected chi connectivity index (χ4v) is 2.25. The molecule has 2 N–H and O–H groups in total. The molecule has 0 saturated carbocycles. The third-order valence-corrected chi connectivity index (χ3v) is 3.70. The minimum Gasteiger partial charge on any atom is -0.484 e. The first-order valence-electron chi connectivity index (χ1n) is 8.14. The van der Waals surface area contributed by atoms with Gasteiger partial charge in [-0.3, -0.25) is 4.79 Å². The number of nitrogens with one attached hydrogen (secondary N) is 2. The van der Waals surface area contributed by atoms with Crippen LogP contribution in [-0.2, 0) is 18.4 Å². The van der Waals surface area contributed by atoms with Crippen molar-refractivity contribution in [1.82, 2.24) is 20.2 Å². The number of carbonyl (C=O) groups is 1. The molecule has 26 heavy (non-hydrogen) atoms. The van der Waals surface area contributed by atoms with Gasteiger partial charge < -0.3 is 15.4 Å². The molecule has 8 heteroatoms. The summed E-state index contributed by atoms with van der Waals surface area (Å²) in [4.78, 5) is 11.9. The molecule has 0 saturated heterocycles. The summed E-state index contributed by atoms with van der Waals surface area (Å²) in [6, 6.07) is 15.1. The van der Waals surface area contributed by atoms with Crippen LogP contribution < -0.4 is 15.4 Å². The van der Waals surface area contributed by atoms with Crippen molar-refractivity contribution in [1.29, 1.82) is 0 Å². The van der Waals surface area contributed by atoms with Gasteiger partial charge in [0.15, 0.2) is 6.61 Å². The first-order chi connectivity index (χ1) is 12.6. The SMILES string of the molecule is Cc1ccc(NC(=O)COc2ccc(CNc3nnnn3C)cc2)cc1. The lowest BCUT2D eigenvalue weighted by Crippen LogP contribution is -2.20. The predicted octanol–water partition coefficient (Wildman–Crippen LogP) is 2.15. The second-order valence-corrected chi connectivity index (χ2v) is 5.83. The number of benzene rings is 2.